The maximum Gasteiger partial charge on any atom is 0.125 e. The maximum absolute atomic E-state index is 12.4. The summed E-state index contributed by atoms with van der Waals surface area (Å²) in [6.07, 6.45) is -1.69. The van der Waals surface area contributed by atoms with Crippen LogP contribution in [-0.4, -0.2) is 80.3 Å². The van der Waals surface area contributed by atoms with Crippen LogP contribution in [0.5, 0.6) is 23.0 Å². The van der Waals surface area contributed by atoms with Crippen LogP contribution in [0.3, 0.4) is 0 Å². The molecule has 20 heteroatoms. The highest BCUT2D eigenvalue weighted by molar-refractivity contribution is 7.86. The van der Waals surface area contributed by atoms with Gasteiger partial charge in [0.2, 0.25) is 0 Å². The number of methoxy groups -OCH3 is 4. The molecule has 8 bridgehead atoms. The topological polar surface area (TPSA) is 266 Å². The molecule has 0 fully saturated rings. The second kappa shape index (κ2) is 13.9. The summed E-state index contributed by atoms with van der Waals surface area (Å²) in [4.78, 5) is -2.98. The van der Waals surface area contributed by atoms with Crippen LogP contribution in [-0.2, 0) is 66.2 Å². The average Bonchev–Trinajstić information content (AvgIpc) is 3.02. The fourth-order valence-corrected chi connectivity index (χ4v) is 8.68. The molecule has 280 valence electrons. The Morgan fingerprint density at radius 1 is 0.346 bits per heavy atom. The lowest BCUT2D eigenvalue weighted by Gasteiger charge is -2.24. The van der Waals surface area contributed by atoms with E-state index in [1.807, 2.05) is 0 Å². The fraction of sp³-hybridized carbons (Fsp3) is 0.250. The SMILES string of the molecule is COc1c2cc(S(=O)(=O)[O-])cc1Cc1cc(S(=O)(=O)[O-])cc(c1OC)Cc1cc(S(=O)(=O)[O-])cc(c1OC)Cc1cc(S(=O)(=O)[O-])cc(c1OC)C2. The highest BCUT2D eigenvalue weighted by Crippen LogP contribution is 2.41. The lowest BCUT2D eigenvalue weighted by Crippen LogP contribution is -2.11. The Labute approximate surface area is 299 Å². The van der Waals surface area contributed by atoms with Gasteiger partial charge in [-0.2, -0.15) is 0 Å². The van der Waals surface area contributed by atoms with Crippen molar-refractivity contribution in [3.63, 3.8) is 0 Å². The number of hydrogen-bond acceptors (Lipinski definition) is 16. The molecular weight excluding hydrogens is 769 g/mol. The van der Waals surface area contributed by atoms with E-state index < -0.39 is 85.7 Å². The monoisotopic (exact) mass is 796 g/mol. The standard InChI is InChI=1S/C32H32O16S4/c1-45-29-17-5-19-11-26(50(36,37)38)13-21(30(19)46-2)7-23-15-28(52(42,43)44)16-24(32(23)48-4)8-22-14-27(51(39,40)41)12-20(31(22)47-3)6-18(29)10-25(9-17)49(33,34)35/h9-16H,5-8H2,1-4H3,(H,33,34,35)(H,36,37,38)(H,39,40,41)(H,42,43,44)/p-4. The van der Waals surface area contributed by atoms with Crippen LogP contribution < -0.4 is 18.9 Å². The van der Waals surface area contributed by atoms with E-state index in [-0.39, 0.29) is 67.5 Å². The van der Waals surface area contributed by atoms with Crippen molar-refractivity contribution >= 4 is 40.5 Å². The van der Waals surface area contributed by atoms with Crippen molar-refractivity contribution in [1.82, 2.24) is 0 Å². The van der Waals surface area contributed by atoms with E-state index in [0.29, 0.717) is 0 Å². The Morgan fingerprint density at radius 3 is 0.577 bits per heavy atom. The lowest BCUT2D eigenvalue weighted by atomic mass is 9.91. The van der Waals surface area contributed by atoms with Gasteiger partial charge in [0, 0.05) is 70.2 Å². The third-order valence-electron chi connectivity index (χ3n) is 8.36. The van der Waals surface area contributed by atoms with Crippen LogP contribution in [0.1, 0.15) is 44.5 Å². The van der Waals surface area contributed by atoms with Crippen molar-refractivity contribution in [3.8, 4) is 23.0 Å². The normalized spacial score (nSPS) is 13.7. The maximum atomic E-state index is 12.4. The molecule has 0 atom stereocenters. The zero-order valence-corrected chi connectivity index (χ0v) is 30.9. The summed E-state index contributed by atoms with van der Waals surface area (Å²) in [6.45, 7) is 0. The molecule has 0 N–H and O–H groups in total. The molecule has 0 unspecified atom stereocenters. The molecule has 0 aliphatic heterocycles. The molecule has 0 aromatic heterocycles. The molecule has 0 spiro atoms. The van der Waals surface area contributed by atoms with E-state index in [1.165, 1.54) is 28.4 Å². The van der Waals surface area contributed by atoms with Gasteiger partial charge in [-0.3, -0.25) is 0 Å². The van der Waals surface area contributed by atoms with Crippen LogP contribution in [0.25, 0.3) is 0 Å². The van der Waals surface area contributed by atoms with Crippen molar-refractivity contribution < 1.29 is 70.8 Å². The van der Waals surface area contributed by atoms with Crippen LogP contribution >= 0.6 is 0 Å². The Bertz CT molecular complexity index is 2110. The Balaban J connectivity index is 2.01. The smallest absolute Gasteiger partial charge is 0.125 e. The first kappa shape index (κ1) is 38.9. The van der Waals surface area contributed by atoms with Crippen molar-refractivity contribution in [1.29, 1.82) is 0 Å². The molecule has 0 amide bonds. The summed E-state index contributed by atoms with van der Waals surface area (Å²) in [5, 5.41) is 0. The average molecular weight is 797 g/mol. The van der Waals surface area contributed by atoms with Crippen LogP contribution in [0.2, 0.25) is 0 Å². The molecule has 0 radical (unpaired) electrons. The Kier molecular flexibility index (Phi) is 10.4. The summed E-state index contributed by atoms with van der Waals surface area (Å²) >= 11 is 0. The van der Waals surface area contributed by atoms with Gasteiger partial charge >= 0.3 is 0 Å². The summed E-state index contributed by atoms with van der Waals surface area (Å²) < 4.78 is 171. The minimum absolute atomic E-state index is 0.0164. The second-order valence-electron chi connectivity index (χ2n) is 11.6. The third kappa shape index (κ3) is 7.88. The molecule has 0 heterocycles. The predicted molar refractivity (Wildman–Crippen MR) is 175 cm³/mol. The molecule has 1 aliphatic carbocycles. The van der Waals surface area contributed by atoms with Crippen LogP contribution in [0, 0.1) is 0 Å². The van der Waals surface area contributed by atoms with Crippen molar-refractivity contribution in [3.05, 3.63) is 93.0 Å². The number of benzene rings is 4. The minimum atomic E-state index is -5.18. The molecule has 16 nitrogen and oxygen atoms in total. The van der Waals surface area contributed by atoms with Gasteiger partial charge in [-0.05, 0) is 48.5 Å². The number of rotatable bonds is 8. The predicted octanol–water partition coefficient (Wildman–Crippen LogP) is 2.01. The van der Waals surface area contributed by atoms with Crippen molar-refractivity contribution in [2.75, 3.05) is 28.4 Å². The summed E-state index contributed by atoms with van der Waals surface area (Å²) in [7, 11) is -15.8. The second-order valence-corrected chi connectivity index (χ2v) is 17.1. The van der Waals surface area contributed by atoms with Gasteiger partial charge in [0.25, 0.3) is 0 Å². The summed E-state index contributed by atoms with van der Waals surface area (Å²) in [5.41, 5.74) is -0.131. The van der Waals surface area contributed by atoms with E-state index in [9.17, 15) is 51.9 Å². The molecule has 52 heavy (non-hydrogen) atoms. The van der Waals surface area contributed by atoms with E-state index in [4.69, 9.17) is 18.9 Å². The fourth-order valence-electron chi connectivity index (χ4n) is 6.39. The van der Waals surface area contributed by atoms with Crippen molar-refractivity contribution in [2.45, 2.75) is 45.3 Å². The first-order valence-corrected chi connectivity index (χ1v) is 20.3. The van der Waals surface area contributed by atoms with Crippen LogP contribution in [0.4, 0.5) is 0 Å². The number of hydrogen-bond donors (Lipinski definition) is 0. The van der Waals surface area contributed by atoms with Crippen molar-refractivity contribution in [2.24, 2.45) is 0 Å². The molecule has 1 aliphatic rings. The van der Waals surface area contributed by atoms with Gasteiger partial charge in [0.05, 0.1) is 48.0 Å². The van der Waals surface area contributed by atoms with Gasteiger partial charge in [-0.25, -0.2) is 33.7 Å². The molecule has 5 rings (SSSR count). The van der Waals surface area contributed by atoms with E-state index in [2.05, 4.69) is 0 Å². The van der Waals surface area contributed by atoms with Gasteiger partial charge in [-0.1, -0.05) is 0 Å². The van der Waals surface area contributed by atoms with Gasteiger partial charge in [0.1, 0.15) is 63.5 Å². The molecule has 0 saturated heterocycles. The zero-order valence-electron chi connectivity index (χ0n) is 27.6. The number of fused-ring (bicyclic) bond motifs is 8. The van der Waals surface area contributed by atoms with E-state index >= 15 is 0 Å². The number of ether oxygens (including phenoxy) is 4. The van der Waals surface area contributed by atoms with Crippen LogP contribution in [0.15, 0.2) is 68.1 Å². The molecular formula is C32H28O16S4-4. The highest BCUT2D eigenvalue weighted by atomic mass is 32.2. The summed E-state index contributed by atoms with van der Waals surface area (Å²) in [6, 6.07) is 7.81. The van der Waals surface area contributed by atoms with Gasteiger partial charge < -0.3 is 37.2 Å². The highest BCUT2D eigenvalue weighted by Gasteiger charge is 2.26. The Morgan fingerprint density at radius 2 is 0.481 bits per heavy atom. The zero-order chi connectivity index (χ0) is 38.6. The van der Waals surface area contributed by atoms with Gasteiger partial charge in [-0.15, -0.1) is 0 Å². The lowest BCUT2D eigenvalue weighted by molar-refractivity contribution is 0.394. The van der Waals surface area contributed by atoms with E-state index in [0.717, 1.165) is 48.5 Å². The quantitative estimate of drug-likeness (QED) is 0.203. The third-order valence-corrected chi connectivity index (χ3v) is 11.6. The largest absolute Gasteiger partial charge is 0.744 e. The first-order chi connectivity index (χ1) is 24.1. The summed E-state index contributed by atoms with van der Waals surface area (Å²) in [5.74, 6) is -0.131. The molecule has 0 saturated carbocycles. The molecule has 4 aromatic rings. The van der Waals surface area contributed by atoms with E-state index in [1.54, 1.807) is 0 Å². The Hall–Kier alpha value is -4.28. The molecule has 4 aromatic carbocycles. The van der Waals surface area contributed by atoms with Gasteiger partial charge in [0.15, 0.2) is 0 Å². The first-order valence-electron chi connectivity index (χ1n) is 14.7. The minimum Gasteiger partial charge on any atom is -0.744 e.